The van der Waals surface area contributed by atoms with Gasteiger partial charge < -0.3 is 9.88 Å². The summed E-state index contributed by atoms with van der Waals surface area (Å²) in [5.74, 6) is 0.993. The maximum Gasteiger partial charge on any atom is 0.227 e. The number of rotatable bonds is 5. The third-order valence-corrected chi connectivity index (χ3v) is 4.76. The Morgan fingerprint density at radius 2 is 2.08 bits per heavy atom. The van der Waals surface area contributed by atoms with Crippen molar-refractivity contribution in [1.82, 2.24) is 14.9 Å². The van der Waals surface area contributed by atoms with Crippen LogP contribution >= 0.6 is 0 Å². The molecular weight excluding hydrogens is 331 g/mol. The zero-order valence-corrected chi connectivity index (χ0v) is 14.7. The van der Waals surface area contributed by atoms with Crippen molar-refractivity contribution >= 4 is 22.6 Å². The van der Waals surface area contributed by atoms with Crippen LogP contribution in [0.2, 0.25) is 0 Å². The Bertz CT molecular complexity index is 924. The second-order valence-electron chi connectivity index (χ2n) is 6.95. The lowest BCUT2D eigenvalue weighted by atomic mass is 10.1. The monoisotopic (exact) mass is 352 g/mol. The highest BCUT2D eigenvalue weighted by Gasteiger charge is 2.31. The van der Waals surface area contributed by atoms with Gasteiger partial charge in [-0.25, -0.2) is 9.37 Å². The van der Waals surface area contributed by atoms with Gasteiger partial charge in [0.05, 0.1) is 17.6 Å². The number of para-hydroxylation sites is 1. The average Bonchev–Trinajstić information content (AvgIpc) is 3.17. The minimum atomic E-state index is -0.272. The first-order valence-electron chi connectivity index (χ1n) is 8.76. The minimum absolute atomic E-state index is 0.175. The van der Waals surface area contributed by atoms with Crippen LogP contribution in [0.5, 0.6) is 0 Å². The number of hydrogen-bond donors (Lipinski definition) is 1. The van der Waals surface area contributed by atoms with E-state index in [-0.39, 0.29) is 17.6 Å². The van der Waals surface area contributed by atoms with Gasteiger partial charge in [-0.2, -0.15) is 0 Å². The van der Waals surface area contributed by atoms with Gasteiger partial charge in [0.25, 0.3) is 0 Å². The number of halogens is 1. The molecule has 5 nitrogen and oxygen atoms in total. The lowest BCUT2D eigenvalue weighted by molar-refractivity contribution is -0.117. The SMILES string of the molecule is CN(Cc1nc2ccc(F)cc2[nH]1)C[C@H]1CC(=O)N(c2ccccc2)C1. The van der Waals surface area contributed by atoms with E-state index < -0.39 is 0 Å². The summed E-state index contributed by atoms with van der Waals surface area (Å²) in [6.45, 7) is 2.17. The van der Waals surface area contributed by atoms with Gasteiger partial charge >= 0.3 is 0 Å². The van der Waals surface area contributed by atoms with Crippen molar-refractivity contribution in [1.29, 1.82) is 0 Å². The number of aromatic amines is 1. The minimum Gasteiger partial charge on any atom is -0.341 e. The molecule has 1 N–H and O–H groups in total. The molecule has 1 atom stereocenters. The van der Waals surface area contributed by atoms with Crippen LogP contribution in [0.1, 0.15) is 12.2 Å². The summed E-state index contributed by atoms with van der Waals surface area (Å²) in [5.41, 5.74) is 2.43. The van der Waals surface area contributed by atoms with Crippen LogP contribution in [0.25, 0.3) is 11.0 Å². The number of anilines is 1. The number of nitrogens with zero attached hydrogens (tertiary/aromatic N) is 3. The number of benzene rings is 2. The molecular formula is C20H21FN4O. The number of imidazole rings is 1. The summed E-state index contributed by atoms with van der Waals surface area (Å²) in [4.78, 5) is 24.0. The number of fused-ring (bicyclic) bond motifs is 1. The van der Waals surface area contributed by atoms with Crippen molar-refractivity contribution in [3.8, 4) is 0 Å². The molecule has 3 aromatic rings. The van der Waals surface area contributed by atoms with E-state index in [1.165, 1.54) is 12.1 Å². The van der Waals surface area contributed by atoms with E-state index in [1.807, 2.05) is 42.3 Å². The van der Waals surface area contributed by atoms with Gasteiger partial charge in [-0.3, -0.25) is 9.69 Å². The Balaban J connectivity index is 1.38. The molecule has 1 aromatic heterocycles. The van der Waals surface area contributed by atoms with Crippen LogP contribution in [-0.2, 0) is 11.3 Å². The molecule has 0 aliphatic carbocycles. The molecule has 6 heteroatoms. The maximum absolute atomic E-state index is 13.3. The molecule has 1 fully saturated rings. The van der Waals surface area contributed by atoms with E-state index in [1.54, 1.807) is 6.07 Å². The standard InChI is InChI=1S/C20H21FN4O/c1-24(13-19-22-17-8-7-15(21)10-18(17)23-19)11-14-9-20(26)25(12-14)16-5-3-2-4-6-16/h2-8,10,14H,9,11-13H2,1H3,(H,22,23)/t14-/m1/s1. The number of H-pyrrole nitrogens is 1. The molecule has 2 aromatic carbocycles. The zero-order valence-electron chi connectivity index (χ0n) is 14.7. The van der Waals surface area contributed by atoms with Gasteiger partial charge in [0, 0.05) is 25.2 Å². The van der Waals surface area contributed by atoms with Gasteiger partial charge in [-0.15, -0.1) is 0 Å². The van der Waals surface area contributed by atoms with Gasteiger partial charge in [0.15, 0.2) is 0 Å². The van der Waals surface area contributed by atoms with Gasteiger partial charge in [0.2, 0.25) is 5.91 Å². The molecule has 1 amide bonds. The Labute approximate surface area is 151 Å². The quantitative estimate of drug-likeness (QED) is 0.767. The zero-order chi connectivity index (χ0) is 18.1. The smallest absolute Gasteiger partial charge is 0.227 e. The summed E-state index contributed by atoms with van der Waals surface area (Å²) in [6, 6.07) is 14.3. The summed E-state index contributed by atoms with van der Waals surface area (Å²) < 4.78 is 13.3. The van der Waals surface area contributed by atoms with Gasteiger partial charge in [-0.05, 0) is 43.3 Å². The summed E-state index contributed by atoms with van der Waals surface area (Å²) in [5, 5.41) is 0. The summed E-state index contributed by atoms with van der Waals surface area (Å²) >= 11 is 0. The van der Waals surface area contributed by atoms with Crippen LogP contribution in [-0.4, -0.2) is 40.9 Å². The number of carbonyl (C=O) groups is 1. The van der Waals surface area contributed by atoms with Crippen molar-refractivity contribution in [2.24, 2.45) is 5.92 Å². The molecule has 1 aliphatic heterocycles. The number of carbonyl (C=O) groups excluding carboxylic acids is 1. The summed E-state index contributed by atoms with van der Waals surface area (Å²) in [6.07, 6.45) is 0.560. The molecule has 0 bridgehead atoms. The lowest BCUT2D eigenvalue weighted by Crippen LogP contribution is -2.29. The van der Waals surface area contributed by atoms with E-state index >= 15 is 0 Å². The van der Waals surface area contributed by atoms with E-state index in [0.717, 1.165) is 30.1 Å². The number of nitrogens with one attached hydrogen (secondary N) is 1. The lowest BCUT2D eigenvalue weighted by Gasteiger charge is -2.20. The Hall–Kier alpha value is -2.73. The second kappa shape index (κ2) is 6.88. The number of hydrogen-bond acceptors (Lipinski definition) is 3. The highest BCUT2D eigenvalue weighted by atomic mass is 19.1. The fourth-order valence-corrected chi connectivity index (χ4v) is 3.63. The topological polar surface area (TPSA) is 52.2 Å². The van der Waals surface area contributed by atoms with E-state index in [4.69, 9.17) is 0 Å². The van der Waals surface area contributed by atoms with Gasteiger partial charge in [0.1, 0.15) is 11.6 Å². The molecule has 4 rings (SSSR count). The second-order valence-corrected chi connectivity index (χ2v) is 6.95. The summed E-state index contributed by atoms with van der Waals surface area (Å²) in [7, 11) is 2.02. The molecule has 1 saturated heterocycles. The molecule has 0 radical (unpaired) electrons. The van der Waals surface area contributed by atoms with Crippen LogP contribution in [0.3, 0.4) is 0 Å². The molecule has 0 saturated carbocycles. The van der Waals surface area contributed by atoms with Crippen molar-refractivity contribution in [2.45, 2.75) is 13.0 Å². The third kappa shape index (κ3) is 3.46. The van der Waals surface area contributed by atoms with Crippen molar-refractivity contribution in [2.75, 3.05) is 25.0 Å². The van der Waals surface area contributed by atoms with Crippen LogP contribution in [0.4, 0.5) is 10.1 Å². The van der Waals surface area contributed by atoms with E-state index in [2.05, 4.69) is 14.9 Å². The average molecular weight is 352 g/mol. The first-order chi connectivity index (χ1) is 12.6. The predicted octanol–water partition coefficient (Wildman–Crippen LogP) is 3.19. The van der Waals surface area contributed by atoms with E-state index in [9.17, 15) is 9.18 Å². The molecule has 2 heterocycles. The first kappa shape index (κ1) is 16.7. The first-order valence-corrected chi connectivity index (χ1v) is 8.76. The van der Waals surface area contributed by atoms with E-state index in [0.29, 0.717) is 18.5 Å². The van der Waals surface area contributed by atoms with Crippen LogP contribution in [0.15, 0.2) is 48.5 Å². The molecule has 1 aliphatic rings. The molecule has 134 valence electrons. The number of amides is 1. The Kier molecular flexibility index (Phi) is 4.42. The maximum atomic E-state index is 13.3. The third-order valence-electron chi connectivity index (χ3n) is 4.76. The Morgan fingerprint density at radius 3 is 2.88 bits per heavy atom. The van der Waals surface area contributed by atoms with Crippen LogP contribution < -0.4 is 4.90 Å². The van der Waals surface area contributed by atoms with Crippen molar-refractivity contribution < 1.29 is 9.18 Å². The van der Waals surface area contributed by atoms with Crippen molar-refractivity contribution in [3.63, 3.8) is 0 Å². The Morgan fingerprint density at radius 1 is 1.27 bits per heavy atom. The fourth-order valence-electron chi connectivity index (χ4n) is 3.63. The van der Waals surface area contributed by atoms with Gasteiger partial charge in [-0.1, -0.05) is 18.2 Å². The molecule has 0 spiro atoms. The molecule has 0 unspecified atom stereocenters. The normalized spacial score (nSPS) is 17.6. The largest absolute Gasteiger partial charge is 0.341 e. The van der Waals surface area contributed by atoms with Crippen molar-refractivity contribution in [3.05, 3.63) is 60.2 Å². The highest BCUT2D eigenvalue weighted by molar-refractivity contribution is 5.95. The predicted molar refractivity (Wildman–Crippen MR) is 99.3 cm³/mol. The van der Waals surface area contributed by atoms with Crippen LogP contribution in [0, 0.1) is 11.7 Å². The fraction of sp³-hybridized carbons (Fsp3) is 0.300. The highest BCUT2D eigenvalue weighted by Crippen LogP contribution is 2.25. The number of aromatic nitrogens is 2. The molecule has 26 heavy (non-hydrogen) atoms.